The highest BCUT2D eigenvalue weighted by molar-refractivity contribution is 7.10. The van der Waals surface area contributed by atoms with Gasteiger partial charge in [0, 0.05) is 18.0 Å². The van der Waals surface area contributed by atoms with E-state index in [9.17, 15) is 5.11 Å². The number of guanidine groups is 1. The maximum absolute atomic E-state index is 10.7. The lowest BCUT2D eigenvalue weighted by molar-refractivity contribution is 0.0655. The molecule has 1 unspecified atom stereocenters. The summed E-state index contributed by atoms with van der Waals surface area (Å²) in [6.45, 7) is 13.1. The summed E-state index contributed by atoms with van der Waals surface area (Å²) in [5.41, 5.74) is 1.62. The molecule has 0 saturated heterocycles. The number of nitrogens with zero attached hydrogens (tertiary/aromatic N) is 2. The van der Waals surface area contributed by atoms with Gasteiger partial charge in [-0.05, 0) is 49.5 Å². The number of hydrogen-bond donors (Lipinski definition) is 3. The Kier molecular flexibility index (Phi) is 8.96. The number of nitrogens with one attached hydrogen (secondary N) is 2. The SMILES string of the molecule is CCNC(=NCc1ccccc1CN(CC)CC)NCC(C)(O)c1cccs1. The van der Waals surface area contributed by atoms with Gasteiger partial charge in [0.25, 0.3) is 0 Å². The minimum atomic E-state index is -0.926. The topological polar surface area (TPSA) is 59.9 Å². The van der Waals surface area contributed by atoms with E-state index in [-0.39, 0.29) is 0 Å². The van der Waals surface area contributed by atoms with Crippen LogP contribution in [0.3, 0.4) is 0 Å². The minimum absolute atomic E-state index is 0.403. The fourth-order valence-corrected chi connectivity index (χ4v) is 3.77. The van der Waals surface area contributed by atoms with E-state index in [0.717, 1.165) is 37.0 Å². The molecule has 154 valence electrons. The third-order valence-electron chi connectivity index (χ3n) is 4.81. The van der Waals surface area contributed by atoms with Crippen molar-refractivity contribution in [2.75, 3.05) is 26.2 Å². The molecule has 0 radical (unpaired) electrons. The predicted octanol–water partition coefficient (Wildman–Crippen LogP) is 3.55. The molecule has 6 heteroatoms. The van der Waals surface area contributed by atoms with Crippen LogP contribution in [-0.4, -0.2) is 42.1 Å². The molecule has 5 nitrogen and oxygen atoms in total. The second kappa shape index (κ2) is 11.2. The summed E-state index contributed by atoms with van der Waals surface area (Å²) >= 11 is 1.56. The molecule has 28 heavy (non-hydrogen) atoms. The molecular formula is C22H34N4OS. The molecule has 0 aliphatic rings. The summed E-state index contributed by atoms with van der Waals surface area (Å²) < 4.78 is 0. The standard InChI is InChI=1S/C22H34N4OS/c1-5-23-21(25-17-22(4,27)20-13-10-14-28-20)24-15-18-11-8-9-12-19(18)16-26(6-2)7-3/h8-14,27H,5-7,15-17H2,1-4H3,(H2,23,24,25). The summed E-state index contributed by atoms with van der Waals surface area (Å²) in [6.07, 6.45) is 0. The molecule has 0 spiro atoms. The summed E-state index contributed by atoms with van der Waals surface area (Å²) in [5, 5.41) is 19.3. The zero-order chi connectivity index (χ0) is 20.4. The predicted molar refractivity (Wildman–Crippen MR) is 120 cm³/mol. The van der Waals surface area contributed by atoms with E-state index < -0.39 is 5.60 Å². The fourth-order valence-electron chi connectivity index (χ4n) is 2.99. The maximum Gasteiger partial charge on any atom is 0.191 e. The fraction of sp³-hybridized carbons (Fsp3) is 0.500. The van der Waals surface area contributed by atoms with Gasteiger partial charge in [0.1, 0.15) is 5.60 Å². The smallest absolute Gasteiger partial charge is 0.191 e. The minimum Gasteiger partial charge on any atom is -0.383 e. The molecular weight excluding hydrogens is 368 g/mol. The Morgan fingerprint density at radius 2 is 1.79 bits per heavy atom. The van der Waals surface area contributed by atoms with E-state index >= 15 is 0 Å². The molecule has 2 aromatic rings. The summed E-state index contributed by atoms with van der Waals surface area (Å²) in [4.78, 5) is 8.11. The Labute approximate surface area is 173 Å². The van der Waals surface area contributed by atoms with Gasteiger partial charge in [-0.3, -0.25) is 4.90 Å². The Bertz CT molecular complexity index is 724. The number of aliphatic hydroxyl groups is 1. The zero-order valence-corrected chi connectivity index (χ0v) is 18.4. The van der Waals surface area contributed by atoms with Gasteiger partial charge in [0.15, 0.2) is 5.96 Å². The first-order chi connectivity index (χ1) is 13.5. The van der Waals surface area contributed by atoms with E-state index in [4.69, 9.17) is 4.99 Å². The van der Waals surface area contributed by atoms with Crippen LogP contribution in [0.15, 0.2) is 46.8 Å². The number of rotatable bonds is 10. The van der Waals surface area contributed by atoms with Crippen LogP contribution in [0.25, 0.3) is 0 Å². The molecule has 0 aliphatic heterocycles. The lowest BCUT2D eigenvalue weighted by atomic mass is 10.1. The van der Waals surface area contributed by atoms with Crippen molar-refractivity contribution >= 4 is 17.3 Å². The van der Waals surface area contributed by atoms with Crippen LogP contribution in [0, 0.1) is 0 Å². The molecule has 1 aromatic heterocycles. The van der Waals surface area contributed by atoms with Gasteiger partial charge in [-0.25, -0.2) is 4.99 Å². The van der Waals surface area contributed by atoms with Crippen LogP contribution in [0.5, 0.6) is 0 Å². The number of hydrogen-bond acceptors (Lipinski definition) is 4. The second-order valence-corrected chi connectivity index (χ2v) is 7.98. The number of aliphatic imine (C=N–C) groups is 1. The molecule has 1 heterocycles. The highest BCUT2D eigenvalue weighted by Crippen LogP contribution is 2.24. The Morgan fingerprint density at radius 1 is 1.07 bits per heavy atom. The molecule has 0 fully saturated rings. The third-order valence-corrected chi connectivity index (χ3v) is 5.93. The Hall–Kier alpha value is -1.89. The number of thiophene rings is 1. The zero-order valence-electron chi connectivity index (χ0n) is 17.5. The molecule has 0 aliphatic carbocycles. The Morgan fingerprint density at radius 3 is 2.39 bits per heavy atom. The largest absolute Gasteiger partial charge is 0.383 e. The maximum atomic E-state index is 10.7. The monoisotopic (exact) mass is 402 g/mol. The van der Waals surface area contributed by atoms with Gasteiger partial charge in [-0.1, -0.05) is 44.2 Å². The highest BCUT2D eigenvalue weighted by atomic mass is 32.1. The lowest BCUT2D eigenvalue weighted by Crippen LogP contribution is -2.44. The van der Waals surface area contributed by atoms with Gasteiger partial charge in [0.05, 0.1) is 13.1 Å². The van der Waals surface area contributed by atoms with Gasteiger partial charge in [-0.2, -0.15) is 0 Å². The van der Waals surface area contributed by atoms with Gasteiger partial charge in [0.2, 0.25) is 0 Å². The van der Waals surface area contributed by atoms with Crippen molar-refractivity contribution in [1.82, 2.24) is 15.5 Å². The highest BCUT2D eigenvalue weighted by Gasteiger charge is 2.24. The third kappa shape index (κ3) is 6.62. The van der Waals surface area contributed by atoms with Crippen molar-refractivity contribution in [2.24, 2.45) is 4.99 Å². The van der Waals surface area contributed by atoms with Crippen LogP contribution >= 0.6 is 11.3 Å². The molecule has 1 atom stereocenters. The van der Waals surface area contributed by atoms with E-state index in [1.807, 2.05) is 31.4 Å². The summed E-state index contributed by atoms with van der Waals surface area (Å²) in [7, 11) is 0. The number of benzene rings is 1. The van der Waals surface area contributed by atoms with Gasteiger partial charge in [-0.15, -0.1) is 11.3 Å². The quantitative estimate of drug-likeness (QED) is 0.420. The normalized spacial score (nSPS) is 14.1. The van der Waals surface area contributed by atoms with Crippen molar-refractivity contribution in [1.29, 1.82) is 0 Å². The molecule has 0 saturated carbocycles. The molecule has 2 rings (SSSR count). The van der Waals surface area contributed by atoms with E-state index in [2.05, 4.69) is 53.6 Å². The van der Waals surface area contributed by atoms with Crippen LogP contribution in [0.1, 0.15) is 43.7 Å². The first-order valence-electron chi connectivity index (χ1n) is 10.1. The van der Waals surface area contributed by atoms with E-state index in [1.54, 1.807) is 11.3 Å². The van der Waals surface area contributed by atoms with Crippen molar-refractivity contribution in [3.8, 4) is 0 Å². The summed E-state index contributed by atoms with van der Waals surface area (Å²) in [5.74, 6) is 0.719. The van der Waals surface area contributed by atoms with Crippen molar-refractivity contribution in [2.45, 2.75) is 46.4 Å². The molecule has 0 bridgehead atoms. The van der Waals surface area contributed by atoms with Crippen molar-refractivity contribution < 1.29 is 5.11 Å². The average molecular weight is 403 g/mol. The molecule has 0 amide bonds. The van der Waals surface area contributed by atoms with Crippen LogP contribution in [-0.2, 0) is 18.7 Å². The van der Waals surface area contributed by atoms with Crippen molar-refractivity contribution in [3.63, 3.8) is 0 Å². The van der Waals surface area contributed by atoms with E-state index in [1.165, 1.54) is 11.1 Å². The first-order valence-corrected chi connectivity index (χ1v) is 11.0. The molecule has 3 N–H and O–H groups in total. The summed E-state index contributed by atoms with van der Waals surface area (Å²) in [6, 6.07) is 12.4. The molecule has 1 aromatic carbocycles. The first kappa shape index (κ1) is 22.4. The van der Waals surface area contributed by atoms with Gasteiger partial charge >= 0.3 is 0 Å². The lowest BCUT2D eigenvalue weighted by Gasteiger charge is -2.24. The van der Waals surface area contributed by atoms with Crippen LogP contribution < -0.4 is 10.6 Å². The van der Waals surface area contributed by atoms with Gasteiger partial charge < -0.3 is 15.7 Å². The van der Waals surface area contributed by atoms with Crippen molar-refractivity contribution in [3.05, 3.63) is 57.8 Å². The Balaban J connectivity index is 2.06. The van der Waals surface area contributed by atoms with Crippen LogP contribution in [0.2, 0.25) is 0 Å². The van der Waals surface area contributed by atoms with E-state index in [0.29, 0.717) is 13.1 Å². The average Bonchev–Trinajstić information content (AvgIpc) is 3.25. The second-order valence-electron chi connectivity index (χ2n) is 7.03. The van der Waals surface area contributed by atoms with Crippen LogP contribution in [0.4, 0.5) is 0 Å².